The molecule has 23 heavy (non-hydrogen) atoms. The Labute approximate surface area is 144 Å². The van der Waals surface area contributed by atoms with E-state index in [1.165, 1.54) is 64.2 Å². The Morgan fingerprint density at radius 2 is 1.57 bits per heavy atom. The summed E-state index contributed by atoms with van der Waals surface area (Å²) in [6.45, 7) is 6.97. The van der Waals surface area contributed by atoms with E-state index in [4.69, 9.17) is 0 Å². The number of hydrogen-bond acceptors (Lipinski definition) is 1. The van der Waals surface area contributed by atoms with Crippen LogP contribution >= 0.6 is 0 Å². The first-order valence-electron chi connectivity index (χ1n) is 9.97. The molecule has 0 aromatic rings. The molecule has 4 saturated carbocycles. The lowest BCUT2D eigenvalue weighted by Crippen LogP contribution is -2.53. The maximum absolute atomic E-state index is 12.2. The van der Waals surface area contributed by atoms with E-state index in [1.807, 2.05) is 6.92 Å². The summed E-state index contributed by atoms with van der Waals surface area (Å²) < 4.78 is 0. The number of fused-ring (bicyclic) bond motifs is 5. The fourth-order valence-electron chi connectivity index (χ4n) is 7.96. The van der Waals surface area contributed by atoms with Crippen molar-refractivity contribution in [2.75, 3.05) is 0 Å². The molecule has 7 atom stereocenters. The second kappa shape index (κ2) is 5.88. The fraction of sp³-hybridized carbons (Fsp3) is 0.909. The number of Topliss-reactive ketones (excluding diaryl/α,β-unsaturated/α-hetero) is 1. The maximum Gasteiger partial charge on any atom is 0.133 e. The number of hydrogen-bond donors (Lipinski definition) is 0. The summed E-state index contributed by atoms with van der Waals surface area (Å²) >= 11 is 0. The molecule has 1 heteroatoms. The third kappa shape index (κ3) is 2.35. The van der Waals surface area contributed by atoms with Gasteiger partial charge < -0.3 is 0 Å². The summed E-state index contributed by atoms with van der Waals surface area (Å²) in [6.07, 6.45) is 14.1. The van der Waals surface area contributed by atoms with Crippen molar-refractivity contribution in [3.05, 3.63) is 7.43 Å². The van der Waals surface area contributed by atoms with Crippen LogP contribution in [0.25, 0.3) is 0 Å². The van der Waals surface area contributed by atoms with Crippen LogP contribution in [0.1, 0.15) is 85.0 Å². The lowest BCUT2D eigenvalue weighted by atomic mass is 9.45. The predicted octanol–water partition coefficient (Wildman–Crippen LogP) is 5.71. The molecule has 1 unspecified atom stereocenters. The van der Waals surface area contributed by atoms with E-state index in [9.17, 15) is 4.79 Å². The largest absolute Gasteiger partial charge is 0.300 e. The predicted molar refractivity (Wildman–Crippen MR) is 93.8 cm³/mol. The van der Waals surface area contributed by atoms with E-state index in [0.29, 0.717) is 22.5 Å². The van der Waals surface area contributed by atoms with Crippen LogP contribution in [0.5, 0.6) is 0 Å². The first-order valence-corrected chi connectivity index (χ1v) is 9.97. The molecule has 0 aromatic carbocycles. The molecule has 4 radical (unpaired) electrons. The summed E-state index contributed by atoms with van der Waals surface area (Å²) in [7, 11) is 0. The summed E-state index contributed by atoms with van der Waals surface area (Å²) in [4.78, 5) is 12.2. The number of carbonyl (C=O) groups is 1. The summed E-state index contributed by atoms with van der Waals surface area (Å²) in [6, 6.07) is 0. The lowest BCUT2D eigenvalue weighted by molar-refractivity contribution is -0.133. The highest BCUT2D eigenvalue weighted by molar-refractivity contribution is 5.79. The maximum atomic E-state index is 12.2. The minimum atomic E-state index is 0. The van der Waals surface area contributed by atoms with Crippen LogP contribution in [0.4, 0.5) is 0 Å². The van der Waals surface area contributed by atoms with Crippen LogP contribution < -0.4 is 0 Å². The Bertz CT molecular complexity index is 469. The average Bonchev–Trinajstić information content (AvgIpc) is 2.84. The Kier molecular flexibility index (Phi) is 4.47. The van der Waals surface area contributed by atoms with E-state index >= 15 is 0 Å². The highest BCUT2D eigenvalue weighted by Gasteiger charge is 2.60. The Hall–Kier alpha value is -0.330. The second-order valence-corrected chi connectivity index (χ2v) is 9.69. The van der Waals surface area contributed by atoms with Crippen molar-refractivity contribution in [3.8, 4) is 0 Å². The van der Waals surface area contributed by atoms with E-state index in [-0.39, 0.29) is 7.43 Å². The molecule has 0 aliphatic heterocycles. The van der Waals surface area contributed by atoms with Crippen molar-refractivity contribution in [2.45, 2.75) is 85.0 Å². The Morgan fingerprint density at radius 1 is 0.826 bits per heavy atom. The van der Waals surface area contributed by atoms with Gasteiger partial charge in [0.1, 0.15) is 5.78 Å². The van der Waals surface area contributed by atoms with Gasteiger partial charge in [0.25, 0.3) is 0 Å². The summed E-state index contributed by atoms with van der Waals surface area (Å²) in [5, 5.41) is 0. The number of rotatable bonds is 1. The molecule has 0 aromatic heterocycles. The third-order valence-electron chi connectivity index (χ3n) is 9.07. The van der Waals surface area contributed by atoms with Gasteiger partial charge >= 0.3 is 0 Å². The van der Waals surface area contributed by atoms with Crippen molar-refractivity contribution in [1.29, 1.82) is 0 Å². The van der Waals surface area contributed by atoms with Gasteiger partial charge in [-0.15, -0.1) is 0 Å². The molecule has 4 aliphatic carbocycles. The minimum absolute atomic E-state index is 0. The molecule has 0 heterocycles. The molecule has 4 rings (SSSR count). The number of ketones is 1. The monoisotopic (exact) mass is 314 g/mol. The third-order valence-corrected chi connectivity index (χ3v) is 9.07. The molecule has 0 spiro atoms. The van der Waals surface area contributed by atoms with Gasteiger partial charge in [-0.05, 0) is 92.8 Å². The van der Waals surface area contributed by atoms with Crippen LogP contribution in [-0.4, -0.2) is 5.78 Å². The van der Waals surface area contributed by atoms with E-state index in [1.54, 1.807) is 0 Å². The van der Waals surface area contributed by atoms with Gasteiger partial charge in [-0.25, -0.2) is 0 Å². The van der Waals surface area contributed by atoms with E-state index in [2.05, 4.69) is 13.8 Å². The van der Waals surface area contributed by atoms with Crippen molar-refractivity contribution in [1.82, 2.24) is 0 Å². The van der Waals surface area contributed by atoms with Crippen molar-refractivity contribution < 1.29 is 4.79 Å². The van der Waals surface area contributed by atoms with Gasteiger partial charge in [0.15, 0.2) is 0 Å². The van der Waals surface area contributed by atoms with Gasteiger partial charge in [0.2, 0.25) is 0 Å². The summed E-state index contributed by atoms with van der Waals surface area (Å²) in [5.41, 5.74) is 0.974. The zero-order chi connectivity index (χ0) is 15.5. The van der Waals surface area contributed by atoms with Crippen molar-refractivity contribution >= 4 is 5.78 Å². The van der Waals surface area contributed by atoms with Crippen LogP contribution in [0.15, 0.2) is 0 Å². The Balaban J connectivity index is 0.00000156. The average molecular weight is 315 g/mol. The fourth-order valence-corrected chi connectivity index (χ4v) is 7.96. The number of carbonyl (C=O) groups excluding carboxylic acids is 1. The zero-order valence-corrected chi connectivity index (χ0v) is 15.4. The van der Waals surface area contributed by atoms with Crippen LogP contribution in [0, 0.1) is 47.8 Å². The molecule has 0 saturated heterocycles. The standard InChI is InChI=1S/C21H34O.C/c1-14(22)17-9-10-18-16-8-7-15-6-4-5-12-20(15,2)19(16)11-13-21(17,18)3;/h15-19H,4-13H2,1-3H3;/t15?,16-,17+,18-,19-,20-,21+;/m0./s1. The molecule has 4 fully saturated rings. The summed E-state index contributed by atoms with van der Waals surface area (Å²) in [5.74, 6) is 4.60. The van der Waals surface area contributed by atoms with Gasteiger partial charge in [0, 0.05) is 13.3 Å². The SMILES string of the molecule is CC(=O)[C@H]1CC[C@H]2[C@@H]3CCC4CCCC[C@]4(C)[C@H]3CC[C@]12C.[C]. The molecular weight excluding hydrogens is 280 g/mol. The molecule has 4 aliphatic rings. The smallest absolute Gasteiger partial charge is 0.133 e. The van der Waals surface area contributed by atoms with Crippen LogP contribution in [-0.2, 0) is 4.79 Å². The van der Waals surface area contributed by atoms with Gasteiger partial charge in [0.05, 0.1) is 0 Å². The highest BCUT2D eigenvalue weighted by Crippen LogP contribution is 2.67. The van der Waals surface area contributed by atoms with Crippen LogP contribution in [0.3, 0.4) is 0 Å². The van der Waals surface area contributed by atoms with Crippen molar-refractivity contribution in [3.63, 3.8) is 0 Å². The van der Waals surface area contributed by atoms with E-state index < -0.39 is 0 Å². The minimum Gasteiger partial charge on any atom is -0.300 e. The molecular formula is C22H34O. The molecule has 0 bridgehead atoms. The topological polar surface area (TPSA) is 17.1 Å². The Morgan fingerprint density at radius 3 is 2.30 bits per heavy atom. The first-order chi connectivity index (χ1) is 10.5. The molecule has 0 N–H and O–H groups in total. The quantitative estimate of drug-likeness (QED) is 0.606. The van der Waals surface area contributed by atoms with Gasteiger partial charge in [-0.2, -0.15) is 0 Å². The van der Waals surface area contributed by atoms with E-state index in [0.717, 1.165) is 23.7 Å². The molecule has 0 amide bonds. The zero-order valence-electron chi connectivity index (χ0n) is 15.4. The second-order valence-electron chi connectivity index (χ2n) is 9.69. The highest BCUT2D eigenvalue weighted by atomic mass is 16.1. The van der Waals surface area contributed by atoms with Crippen molar-refractivity contribution in [2.24, 2.45) is 40.4 Å². The molecule has 1 nitrogen and oxygen atoms in total. The van der Waals surface area contributed by atoms with Gasteiger partial charge in [-0.1, -0.05) is 26.7 Å². The molecule has 128 valence electrons. The normalized spacial score (nSPS) is 51.9. The van der Waals surface area contributed by atoms with Crippen LogP contribution in [0.2, 0.25) is 0 Å². The first kappa shape index (κ1) is 17.5. The van der Waals surface area contributed by atoms with Gasteiger partial charge in [-0.3, -0.25) is 4.79 Å². The lowest BCUT2D eigenvalue weighted by Gasteiger charge is -2.60.